The van der Waals surface area contributed by atoms with E-state index in [1.54, 1.807) is 24.1 Å². The number of hydrogen-bond acceptors (Lipinski definition) is 6. The summed E-state index contributed by atoms with van der Waals surface area (Å²) in [4.78, 5) is 58.6. The maximum absolute atomic E-state index is 13.3. The molecule has 1 fully saturated rings. The van der Waals surface area contributed by atoms with Gasteiger partial charge in [-0.2, -0.15) is 0 Å². The zero-order valence-electron chi connectivity index (χ0n) is 16.1. The fraction of sp³-hybridized carbons (Fsp3) is 0.421. The summed E-state index contributed by atoms with van der Waals surface area (Å²) in [7, 11) is 1.33. The predicted octanol–water partition coefficient (Wildman–Crippen LogP) is 0.468. The first-order valence-corrected chi connectivity index (χ1v) is 9.15. The van der Waals surface area contributed by atoms with Crippen LogP contribution in [0.15, 0.2) is 23.1 Å². The molecule has 0 bridgehead atoms. The number of fused-ring (bicyclic) bond motifs is 2. The summed E-state index contributed by atoms with van der Waals surface area (Å²) in [5.74, 6) is -0.794. The largest absolute Gasteiger partial charge is 0.352 e. The Bertz CT molecular complexity index is 1110. The Morgan fingerprint density at radius 3 is 2.68 bits per heavy atom. The molecule has 4 rings (SSSR count). The van der Waals surface area contributed by atoms with E-state index in [-0.39, 0.29) is 12.0 Å². The van der Waals surface area contributed by atoms with Crippen LogP contribution in [-0.4, -0.2) is 51.8 Å². The topological polar surface area (TPSA) is 104 Å². The summed E-state index contributed by atoms with van der Waals surface area (Å²) in [5, 5.41) is 2.26. The number of aryl methyl sites for hydroxylation is 1. The van der Waals surface area contributed by atoms with Crippen molar-refractivity contribution in [2.75, 3.05) is 18.5 Å². The zero-order chi connectivity index (χ0) is 20.4. The standard InChI is InChI=1S/C19H21N5O4/c1-5-23-11(3)19(16(26)21-18(28)22(4)17(19)27)9-12-14(23)20-13-10(2)7-6-8-24(13)15(12)25/h6-8,11H,5,9H2,1-4H3,(H,21,26,28)/t11-,19+/m1/s1. The molecule has 1 N–H and O–H groups in total. The molecule has 2 aliphatic rings. The molecule has 28 heavy (non-hydrogen) atoms. The lowest BCUT2D eigenvalue weighted by atomic mass is 9.70. The van der Waals surface area contributed by atoms with Crippen molar-refractivity contribution in [1.29, 1.82) is 0 Å². The summed E-state index contributed by atoms with van der Waals surface area (Å²) in [6.45, 7) is 5.95. The van der Waals surface area contributed by atoms with Crippen LogP contribution in [0.2, 0.25) is 0 Å². The second-order valence-corrected chi connectivity index (χ2v) is 7.34. The Morgan fingerprint density at radius 1 is 1.29 bits per heavy atom. The molecule has 0 saturated carbocycles. The van der Waals surface area contributed by atoms with Crippen molar-refractivity contribution in [3.63, 3.8) is 0 Å². The lowest BCUT2D eigenvalue weighted by Crippen LogP contribution is -2.71. The molecular formula is C19H21N5O4. The molecule has 146 valence electrons. The molecule has 4 amide bonds. The highest BCUT2D eigenvalue weighted by molar-refractivity contribution is 6.20. The number of aromatic nitrogens is 2. The van der Waals surface area contributed by atoms with E-state index in [1.165, 1.54) is 11.4 Å². The van der Waals surface area contributed by atoms with E-state index in [0.717, 1.165) is 10.5 Å². The zero-order valence-corrected chi connectivity index (χ0v) is 16.1. The monoisotopic (exact) mass is 383 g/mol. The number of amides is 4. The number of anilines is 1. The van der Waals surface area contributed by atoms with Crippen LogP contribution in [-0.2, 0) is 16.0 Å². The molecule has 0 unspecified atom stereocenters. The maximum atomic E-state index is 13.3. The van der Waals surface area contributed by atoms with Crippen LogP contribution in [0.1, 0.15) is 25.0 Å². The fourth-order valence-corrected chi connectivity index (χ4v) is 4.32. The van der Waals surface area contributed by atoms with Crippen molar-refractivity contribution >= 4 is 29.3 Å². The molecule has 2 aliphatic heterocycles. The Morgan fingerprint density at radius 2 is 2.00 bits per heavy atom. The van der Waals surface area contributed by atoms with Gasteiger partial charge in [0, 0.05) is 26.2 Å². The molecule has 1 spiro atoms. The highest BCUT2D eigenvalue weighted by Gasteiger charge is 2.60. The molecule has 2 aromatic heterocycles. The van der Waals surface area contributed by atoms with Gasteiger partial charge in [-0.25, -0.2) is 9.78 Å². The van der Waals surface area contributed by atoms with Crippen LogP contribution in [0.4, 0.5) is 10.6 Å². The average Bonchev–Trinajstić information content (AvgIpc) is 2.66. The van der Waals surface area contributed by atoms with Crippen LogP contribution >= 0.6 is 0 Å². The lowest BCUT2D eigenvalue weighted by Gasteiger charge is -2.49. The number of carbonyl (C=O) groups excluding carboxylic acids is 3. The van der Waals surface area contributed by atoms with Crippen molar-refractivity contribution in [2.45, 2.75) is 33.2 Å². The number of nitrogens with one attached hydrogen (secondary N) is 1. The number of carbonyl (C=O) groups is 3. The third-order valence-electron chi connectivity index (χ3n) is 5.99. The van der Waals surface area contributed by atoms with Crippen molar-refractivity contribution in [3.05, 3.63) is 39.8 Å². The Labute approximate surface area is 160 Å². The number of pyridine rings is 1. The highest BCUT2D eigenvalue weighted by atomic mass is 16.2. The summed E-state index contributed by atoms with van der Waals surface area (Å²) < 4.78 is 1.44. The van der Waals surface area contributed by atoms with Crippen molar-refractivity contribution < 1.29 is 14.4 Å². The van der Waals surface area contributed by atoms with Gasteiger partial charge in [0.25, 0.3) is 5.56 Å². The minimum absolute atomic E-state index is 0.106. The summed E-state index contributed by atoms with van der Waals surface area (Å²) in [6, 6.07) is 2.29. The number of barbiturate groups is 1. The number of nitrogens with zero attached hydrogens (tertiary/aromatic N) is 4. The number of hydrogen-bond donors (Lipinski definition) is 1. The van der Waals surface area contributed by atoms with Crippen LogP contribution in [0, 0.1) is 12.3 Å². The summed E-state index contributed by atoms with van der Waals surface area (Å²) in [6.07, 6.45) is 1.52. The lowest BCUT2D eigenvalue weighted by molar-refractivity contribution is -0.152. The second kappa shape index (κ2) is 5.88. The third-order valence-corrected chi connectivity index (χ3v) is 5.99. The quantitative estimate of drug-likeness (QED) is 0.718. The molecule has 9 heteroatoms. The normalized spacial score (nSPS) is 24.7. The Balaban J connectivity index is 2.02. The van der Waals surface area contributed by atoms with Crippen LogP contribution in [0.5, 0.6) is 0 Å². The molecule has 4 heterocycles. The van der Waals surface area contributed by atoms with Gasteiger partial charge in [0.1, 0.15) is 11.5 Å². The summed E-state index contributed by atoms with van der Waals surface area (Å²) in [5.41, 5.74) is -0.185. The summed E-state index contributed by atoms with van der Waals surface area (Å²) >= 11 is 0. The fourth-order valence-electron chi connectivity index (χ4n) is 4.32. The van der Waals surface area contributed by atoms with Gasteiger partial charge in [0.2, 0.25) is 11.8 Å². The minimum Gasteiger partial charge on any atom is -0.352 e. The number of rotatable bonds is 1. The van der Waals surface area contributed by atoms with Gasteiger partial charge >= 0.3 is 6.03 Å². The number of urea groups is 1. The van der Waals surface area contributed by atoms with Gasteiger partial charge in [0.15, 0.2) is 5.41 Å². The molecule has 0 radical (unpaired) electrons. The molecule has 2 aromatic rings. The van der Waals surface area contributed by atoms with E-state index in [0.29, 0.717) is 23.6 Å². The SMILES string of the molecule is CCN1c2nc3c(C)cccn3c(=O)c2C[C@@]2(C(=O)NC(=O)N(C)C2=O)[C@H]1C. The first kappa shape index (κ1) is 18.1. The van der Waals surface area contributed by atoms with Crippen molar-refractivity contribution in [2.24, 2.45) is 5.41 Å². The predicted molar refractivity (Wildman–Crippen MR) is 101 cm³/mol. The van der Waals surface area contributed by atoms with Gasteiger partial charge in [-0.05, 0) is 32.4 Å². The first-order chi connectivity index (χ1) is 13.2. The van der Waals surface area contributed by atoms with E-state index >= 15 is 0 Å². The van der Waals surface area contributed by atoms with Crippen molar-refractivity contribution in [1.82, 2.24) is 19.6 Å². The van der Waals surface area contributed by atoms with Crippen LogP contribution in [0.3, 0.4) is 0 Å². The number of imide groups is 2. The van der Waals surface area contributed by atoms with Gasteiger partial charge < -0.3 is 4.90 Å². The van der Waals surface area contributed by atoms with Gasteiger partial charge in [0.05, 0.1) is 11.6 Å². The highest BCUT2D eigenvalue weighted by Crippen LogP contribution is 2.42. The third kappa shape index (κ3) is 2.10. The Kier molecular flexibility index (Phi) is 3.81. The first-order valence-electron chi connectivity index (χ1n) is 9.15. The second-order valence-electron chi connectivity index (χ2n) is 7.34. The Hall–Kier alpha value is -3.23. The van der Waals surface area contributed by atoms with E-state index < -0.39 is 29.3 Å². The van der Waals surface area contributed by atoms with Crippen LogP contribution in [0.25, 0.3) is 5.65 Å². The molecule has 1 saturated heterocycles. The van der Waals surface area contributed by atoms with Crippen molar-refractivity contribution in [3.8, 4) is 0 Å². The molecule has 0 aromatic carbocycles. The van der Waals surface area contributed by atoms with Gasteiger partial charge in [-0.3, -0.25) is 29.0 Å². The van der Waals surface area contributed by atoms with E-state index in [1.807, 2.05) is 19.9 Å². The van der Waals surface area contributed by atoms with E-state index in [4.69, 9.17) is 4.98 Å². The molecular weight excluding hydrogens is 362 g/mol. The van der Waals surface area contributed by atoms with Gasteiger partial charge in [-0.15, -0.1) is 0 Å². The van der Waals surface area contributed by atoms with Gasteiger partial charge in [-0.1, -0.05) is 6.07 Å². The minimum atomic E-state index is -1.56. The smallest absolute Gasteiger partial charge is 0.330 e. The van der Waals surface area contributed by atoms with E-state index in [2.05, 4.69) is 5.32 Å². The molecule has 9 nitrogen and oxygen atoms in total. The molecule has 2 atom stereocenters. The average molecular weight is 383 g/mol. The van der Waals surface area contributed by atoms with Crippen LogP contribution < -0.4 is 15.8 Å². The maximum Gasteiger partial charge on any atom is 0.330 e. The molecule has 0 aliphatic carbocycles. The van der Waals surface area contributed by atoms with E-state index in [9.17, 15) is 19.2 Å².